The number of halogens is 1. The minimum Gasteiger partial charge on any atom is -0.493 e. The second-order valence-corrected chi connectivity index (χ2v) is 15.3. The number of nitrogens with one attached hydrogen (secondary N) is 1. The van der Waals surface area contributed by atoms with Gasteiger partial charge in [-0.05, 0) is 66.1 Å². The number of hydrogen-bond donors (Lipinski definition) is 1. The van der Waals surface area contributed by atoms with Gasteiger partial charge in [-0.15, -0.1) is 11.8 Å². The fourth-order valence-corrected chi connectivity index (χ4v) is 11.4. The van der Waals surface area contributed by atoms with Crippen molar-refractivity contribution >= 4 is 62.4 Å². The van der Waals surface area contributed by atoms with E-state index in [-0.39, 0.29) is 70.0 Å². The van der Waals surface area contributed by atoms with Crippen LogP contribution in [0.4, 0.5) is 5.69 Å². The molecule has 1 N–H and O–H groups in total. The second kappa shape index (κ2) is 11.3. The smallest absolute Gasteiger partial charge is 0.305 e. The van der Waals surface area contributed by atoms with Crippen LogP contribution in [0.1, 0.15) is 22.8 Å². The maximum atomic E-state index is 14.0. The third-order valence-electron chi connectivity index (χ3n) is 10.1. The number of hydrogen-bond acceptors (Lipinski definition) is 9. The summed E-state index contributed by atoms with van der Waals surface area (Å²) in [7, 11) is 1.57. The lowest BCUT2D eigenvalue weighted by molar-refractivity contribution is -0.137. The summed E-state index contributed by atoms with van der Waals surface area (Å²) >= 11 is 6.31. The maximum absolute atomic E-state index is 14.0. The molecule has 10 nitrogen and oxygen atoms in total. The Kier molecular flexibility index (Phi) is 7.34. The van der Waals surface area contributed by atoms with Gasteiger partial charge in [-0.3, -0.25) is 24.1 Å². The number of benzene rings is 2. The number of methoxy groups -OCH3 is 1. The Morgan fingerprint density at radius 3 is 2.49 bits per heavy atom. The Morgan fingerprint density at radius 2 is 1.76 bits per heavy atom. The lowest BCUT2D eigenvalue weighted by Gasteiger charge is -2.43. The number of carbonyl (C=O) groups is 3. The summed E-state index contributed by atoms with van der Waals surface area (Å²) in [5.74, 6) is -0.212. The van der Waals surface area contributed by atoms with Gasteiger partial charge in [-0.2, -0.15) is 0 Å². The van der Waals surface area contributed by atoms with Gasteiger partial charge in [0.25, 0.3) is 5.91 Å². The molecule has 3 aromatic rings. The van der Waals surface area contributed by atoms with Crippen molar-refractivity contribution in [3.63, 3.8) is 0 Å². The predicted molar refractivity (Wildman–Crippen MR) is 171 cm³/mol. The largest absolute Gasteiger partial charge is 0.493 e. The molecule has 2 saturated heterocycles. The summed E-state index contributed by atoms with van der Waals surface area (Å²) in [6, 6.07) is 13.0. The standard InChI is InChI=1S/C32H30BrN3O7S2/c1-41-21-12-15(2-7-20(21)43-14-22(37)35-8-10-42-11-9-35)23-24-18-13-19(27(24)44-29-28(23)45-32(40)34-29)26-25(18)30(38)36(31(26)39)17-5-3-16(33)4-6-17/h2-7,12,18-19,23-27H,8-11,13-14H2,1H3,(H,34,40)/t18?,19?,23-,24?,25?,26?,27?/m1/s1. The third kappa shape index (κ3) is 4.68. The van der Waals surface area contributed by atoms with E-state index in [1.54, 1.807) is 35.9 Å². The summed E-state index contributed by atoms with van der Waals surface area (Å²) < 4.78 is 17.9. The molecule has 4 fully saturated rings. The number of ether oxygens (including phenoxy) is 3. The van der Waals surface area contributed by atoms with Crippen molar-refractivity contribution in [2.45, 2.75) is 22.6 Å². The molecule has 0 spiro atoms. The molecule has 7 atom stereocenters. The molecular formula is C32H30BrN3O7S2. The summed E-state index contributed by atoms with van der Waals surface area (Å²) in [6.07, 6.45) is 0.807. The van der Waals surface area contributed by atoms with Gasteiger partial charge in [0.2, 0.25) is 11.8 Å². The zero-order chi connectivity index (χ0) is 31.0. The first kappa shape index (κ1) is 29.3. The maximum Gasteiger partial charge on any atom is 0.305 e. The Labute approximate surface area is 275 Å². The van der Waals surface area contributed by atoms with Crippen molar-refractivity contribution in [1.82, 2.24) is 9.88 Å². The minimum absolute atomic E-state index is 0.00202. The number of aromatic nitrogens is 1. The van der Waals surface area contributed by atoms with Gasteiger partial charge in [0.15, 0.2) is 18.1 Å². The van der Waals surface area contributed by atoms with Crippen molar-refractivity contribution in [3.8, 4) is 11.5 Å². The monoisotopic (exact) mass is 711 g/mol. The summed E-state index contributed by atoms with van der Waals surface area (Å²) in [5.41, 5.74) is 1.56. The van der Waals surface area contributed by atoms with Crippen LogP contribution in [0.15, 0.2) is 56.8 Å². The number of nitrogens with zero attached hydrogens (tertiary/aromatic N) is 2. The molecule has 2 aliphatic carbocycles. The van der Waals surface area contributed by atoms with E-state index in [0.717, 1.165) is 26.4 Å². The van der Waals surface area contributed by atoms with Gasteiger partial charge in [-0.25, -0.2) is 0 Å². The fraction of sp³-hybridized carbons (Fsp3) is 0.438. The van der Waals surface area contributed by atoms with Crippen LogP contribution in [-0.4, -0.2) is 72.9 Å². The van der Waals surface area contributed by atoms with Gasteiger partial charge in [0, 0.05) is 33.6 Å². The lowest BCUT2D eigenvalue weighted by Crippen LogP contribution is -2.43. The van der Waals surface area contributed by atoms with Crippen molar-refractivity contribution in [2.24, 2.45) is 29.6 Å². The van der Waals surface area contributed by atoms with E-state index >= 15 is 0 Å². The van der Waals surface area contributed by atoms with E-state index in [2.05, 4.69) is 20.9 Å². The number of fused-ring (bicyclic) bond motifs is 9. The summed E-state index contributed by atoms with van der Waals surface area (Å²) in [6.45, 7) is 2.01. The quantitative estimate of drug-likeness (QED) is 0.380. The van der Waals surface area contributed by atoms with Crippen LogP contribution in [0.25, 0.3) is 0 Å². The van der Waals surface area contributed by atoms with E-state index in [4.69, 9.17) is 14.2 Å². The highest BCUT2D eigenvalue weighted by Crippen LogP contribution is 2.68. The molecular weight excluding hydrogens is 682 g/mol. The Bertz CT molecular complexity index is 1750. The first-order chi connectivity index (χ1) is 21.8. The second-order valence-electron chi connectivity index (χ2n) is 12.1. The van der Waals surface area contributed by atoms with E-state index in [1.807, 2.05) is 30.3 Å². The molecule has 5 aliphatic rings. The van der Waals surface area contributed by atoms with Crippen molar-refractivity contribution in [1.29, 1.82) is 0 Å². The number of thiazole rings is 1. The number of aromatic amines is 1. The van der Waals surface area contributed by atoms with E-state index < -0.39 is 0 Å². The van der Waals surface area contributed by atoms with Crippen molar-refractivity contribution < 1.29 is 28.6 Å². The molecule has 3 aliphatic heterocycles. The molecule has 8 rings (SSSR count). The van der Waals surface area contributed by atoms with Gasteiger partial charge in [0.05, 0.1) is 42.9 Å². The molecule has 13 heteroatoms. The number of H-pyrrole nitrogens is 1. The van der Waals surface area contributed by atoms with E-state index in [0.29, 0.717) is 43.5 Å². The van der Waals surface area contributed by atoms with Gasteiger partial charge >= 0.3 is 4.87 Å². The van der Waals surface area contributed by atoms with Gasteiger partial charge < -0.3 is 24.1 Å². The molecule has 2 aromatic carbocycles. The molecule has 0 radical (unpaired) electrons. The number of amides is 3. The van der Waals surface area contributed by atoms with Crippen LogP contribution >= 0.6 is 39.0 Å². The van der Waals surface area contributed by atoms with Crippen molar-refractivity contribution in [3.05, 3.63) is 67.0 Å². The number of imide groups is 1. The van der Waals surface area contributed by atoms with Crippen molar-refractivity contribution in [2.75, 3.05) is 44.9 Å². The predicted octanol–water partition coefficient (Wildman–Crippen LogP) is 4.12. The number of carbonyl (C=O) groups excluding carboxylic acids is 3. The van der Waals surface area contributed by atoms with Gasteiger partial charge in [-0.1, -0.05) is 33.3 Å². The molecule has 45 heavy (non-hydrogen) atoms. The van der Waals surface area contributed by atoms with E-state index in [9.17, 15) is 19.2 Å². The first-order valence-electron chi connectivity index (χ1n) is 15.0. The third-order valence-corrected chi connectivity index (χ3v) is 13.2. The number of anilines is 1. The molecule has 6 unspecified atom stereocenters. The van der Waals surface area contributed by atoms with Crippen LogP contribution in [0.2, 0.25) is 0 Å². The molecule has 234 valence electrons. The Hall–Kier alpha value is -3.13. The number of rotatable bonds is 6. The molecule has 2 bridgehead atoms. The van der Waals surface area contributed by atoms with Crippen LogP contribution in [0.5, 0.6) is 11.5 Å². The van der Waals surface area contributed by atoms with Crippen LogP contribution in [0.3, 0.4) is 0 Å². The minimum atomic E-state index is -0.386. The summed E-state index contributed by atoms with van der Waals surface area (Å²) in [5, 5.41) is 0.922. The first-order valence-corrected chi connectivity index (χ1v) is 17.5. The fourth-order valence-electron chi connectivity index (χ4n) is 8.28. The highest BCUT2D eigenvalue weighted by atomic mass is 79.9. The van der Waals surface area contributed by atoms with Gasteiger partial charge in [0.1, 0.15) is 0 Å². The lowest BCUT2D eigenvalue weighted by atomic mass is 9.68. The molecule has 2 saturated carbocycles. The molecule has 1 aromatic heterocycles. The molecule has 3 amide bonds. The Morgan fingerprint density at radius 1 is 1.02 bits per heavy atom. The topological polar surface area (TPSA) is 118 Å². The number of thioether (sulfide) groups is 1. The highest BCUT2D eigenvalue weighted by Gasteiger charge is 2.69. The highest BCUT2D eigenvalue weighted by molar-refractivity contribution is 9.10. The van der Waals surface area contributed by atoms with Crippen LogP contribution in [-0.2, 0) is 19.1 Å². The van der Waals surface area contributed by atoms with Crippen LogP contribution in [0, 0.1) is 29.6 Å². The number of morpholine rings is 1. The SMILES string of the molecule is COc1cc([C@H]2c3sc(=O)[nH]c3SC3C4CC(C5C(=O)N(c6ccc(Br)cc6)C(=O)C45)C32)ccc1OCC(=O)N1CCOCC1. The normalized spacial score (nSPS) is 29.9. The average molecular weight is 713 g/mol. The average Bonchev–Trinajstić information content (AvgIpc) is 3.79. The summed E-state index contributed by atoms with van der Waals surface area (Å²) in [4.78, 5) is 60.2. The molecule has 4 heterocycles. The Balaban J connectivity index is 1.11. The zero-order valence-electron chi connectivity index (χ0n) is 24.3. The van der Waals surface area contributed by atoms with E-state index in [1.165, 1.54) is 16.2 Å². The zero-order valence-corrected chi connectivity index (χ0v) is 27.5. The van der Waals surface area contributed by atoms with Crippen LogP contribution < -0.4 is 19.2 Å².